The molecule has 2 nitrogen and oxygen atoms in total. The first-order chi connectivity index (χ1) is 5.48. The number of unbranched alkanes of at least 4 members (excludes halogenated alkanes) is 1. The second kappa shape index (κ2) is 5.37. The summed E-state index contributed by atoms with van der Waals surface area (Å²) in [5.41, 5.74) is 0. The number of hydrogen-bond donors (Lipinski definition) is 1. The number of rotatable bonds is 5. The fraction of sp³-hybridized carbons (Fsp3) is 1.00. The standard InChI is InChI=1S/C7H13F3O2/c1-2-3-4-12-5-6(11)7(8,9)10/h6,11H,2-5H2,1H3. The molecule has 0 saturated heterocycles. The topological polar surface area (TPSA) is 29.5 Å². The summed E-state index contributed by atoms with van der Waals surface area (Å²) in [7, 11) is 0. The van der Waals surface area contributed by atoms with Crippen LogP contribution in [-0.4, -0.2) is 30.6 Å². The van der Waals surface area contributed by atoms with Crippen molar-refractivity contribution in [3.63, 3.8) is 0 Å². The Morgan fingerprint density at radius 1 is 1.42 bits per heavy atom. The van der Waals surface area contributed by atoms with Gasteiger partial charge in [-0.05, 0) is 6.42 Å². The van der Waals surface area contributed by atoms with Crippen molar-refractivity contribution in [1.29, 1.82) is 0 Å². The summed E-state index contributed by atoms with van der Waals surface area (Å²) >= 11 is 0. The van der Waals surface area contributed by atoms with E-state index in [9.17, 15) is 13.2 Å². The molecule has 0 saturated carbocycles. The van der Waals surface area contributed by atoms with Crippen LogP contribution < -0.4 is 0 Å². The smallest absolute Gasteiger partial charge is 0.382 e. The van der Waals surface area contributed by atoms with Gasteiger partial charge in [0.25, 0.3) is 0 Å². The maximum absolute atomic E-state index is 11.6. The average molecular weight is 186 g/mol. The Balaban J connectivity index is 3.38. The van der Waals surface area contributed by atoms with E-state index < -0.39 is 18.9 Å². The highest BCUT2D eigenvalue weighted by molar-refractivity contribution is 4.63. The number of alkyl halides is 3. The molecular weight excluding hydrogens is 173 g/mol. The van der Waals surface area contributed by atoms with E-state index in [4.69, 9.17) is 5.11 Å². The van der Waals surface area contributed by atoms with E-state index >= 15 is 0 Å². The van der Waals surface area contributed by atoms with E-state index in [0.29, 0.717) is 6.42 Å². The summed E-state index contributed by atoms with van der Waals surface area (Å²) in [5.74, 6) is 0. The van der Waals surface area contributed by atoms with Crippen molar-refractivity contribution in [2.75, 3.05) is 13.2 Å². The summed E-state index contributed by atoms with van der Waals surface area (Å²) in [6.45, 7) is 1.51. The molecule has 0 radical (unpaired) electrons. The second-order valence-electron chi connectivity index (χ2n) is 2.49. The zero-order valence-electron chi connectivity index (χ0n) is 6.90. The van der Waals surface area contributed by atoms with Gasteiger partial charge in [0.05, 0.1) is 6.61 Å². The van der Waals surface area contributed by atoms with Crippen molar-refractivity contribution in [1.82, 2.24) is 0 Å². The molecule has 0 aliphatic carbocycles. The molecule has 12 heavy (non-hydrogen) atoms. The molecule has 0 rings (SSSR count). The molecule has 0 aliphatic rings. The van der Waals surface area contributed by atoms with Crippen LogP contribution in [0.5, 0.6) is 0 Å². The van der Waals surface area contributed by atoms with Gasteiger partial charge in [-0.15, -0.1) is 0 Å². The van der Waals surface area contributed by atoms with Crippen molar-refractivity contribution in [3.8, 4) is 0 Å². The van der Waals surface area contributed by atoms with Crippen LogP contribution in [0, 0.1) is 0 Å². The minimum absolute atomic E-state index is 0.267. The van der Waals surface area contributed by atoms with Crippen LogP contribution in [0.3, 0.4) is 0 Å². The van der Waals surface area contributed by atoms with Crippen LogP contribution in [0.2, 0.25) is 0 Å². The third kappa shape index (κ3) is 5.37. The van der Waals surface area contributed by atoms with Crippen molar-refractivity contribution < 1.29 is 23.0 Å². The van der Waals surface area contributed by atoms with Gasteiger partial charge in [0, 0.05) is 6.61 Å². The quantitative estimate of drug-likeness (QED) is 0.662. The van der Waals surface area contributed by atoms with Gasteiger partial charge in [-0.1, -0.05) is 13.3 Å². The lowest BCUT2D eigenvalue weighted by Crippen LogP contribution is -2.33. The molecule has 0 aromatic heterocycles. The molecule has 0 aromatic carbocycles. The monoisotopic (exact) mass is 186 g/mol. The highest BCUT2D eigenvalue weighted by Crippen LogP contribution is 2.19. The van der Waals surface area contributed by atoms with Gasteiger partial charge in [0.15, 0.2) is 6.10 Å². The Labute approximate surface area is 69.3 Å². The molecular formula is C7H13F3O2. The molecule has 0 spiro atoms. The van der Waals surface area contributed by atoms with Gasteiger partial charge in [-0.25, -0.2) is 0 Å². The molecule has 5 heteroatoms. The Bertz CT molecular complexity index is 114. The van der Waals surface area contributed by atoms with E-state index in [2.05, 4.69) is 4.74 Å². The van der Waals surface area contributed by atoms with Crippen LogP contribution in [0.4, 0.5) is 13.2 Å². The van der Waals surface area contributed by atoms with Gasteiger partial charge in [-0.3, -0.25) is 0 Å². The van der Waals surface area contributed by atoms with Gasteiger partial charge >= 0.3 is 6.18 Å². The SMILES string of the molecule is CCCCOCC(O)C(F)(F)F. The number of ether oxygens (including phenoxy) is 1. The Hall–Kier alpha value is -0.290. The summed E-state index contributed by atoms with van der Waals surface area (Å²) in [4.78, 5) is 0. The fourth-order valence-corrected chi connectivity index (χ4v) is 0.536. The molecule has 0 aliphatic heterocycles. The highest BCUT2D eigenvalue weighted by atomic mass is 19.4. The molecule has 1 atom stereocenters. The molecule has 1 N–H and O–H groups in total. The Morgan fingerprint density at radius 2 is 2.00 bits per heavy atom. The summed E-state index contributed by atoms with van der Waals surface area (Å²) < 4.78 is 39.5. The minimum atomic E-state index is -4.56. The number of aliphatic hydroxyl groups is 1. The highest BCUT2D eigenvalue weighted by Gasteiger charge is 2.38. The van der Waals surface area contributed by atoms with Crippen LogP contribution in [-0.2, 0) is 4.74 Å². The van der Waals surface area contributed by atoms with E-state index in [1.807, 2.05) is 6.92 Å². The Morgan fingerprint density at radius 3 is 2.42 bits per heavy atom. The molecule has 1 unspecified atom stereocenters. The van der Waals surface area contributed by atoms with E-state index in [1.54, 1.807) is 0 Å². The predicted octanol–water partition coefficient (Wildman–Crippen LogP) is 1.73. The second-order valence-corrected chi connectivity index (χ2v) is 2.49. The summed E-state index contributed by atoms with van der Waals surface area (Å²) in [6, 6.07) is 0. The first kappa shape index (κ1) is 11.7. The summed E-state index contributed by atoms with van der Waals surface area (Å²) in [6.07, 6.45) is -5.34. The van der Waals surface area contributed by atoms with E-state index in [1.165, 1.54) is 0 Å². The third-order valence-electron chi connectivity index (χ3n) is 1.30. The van der Waals surface area contributed by atoms with Gasteiger partial charge in [0.2, 0.25) is 0 Å². The lowest BCUT2D eigenvalue weighted by Gasteiger charge is -2.14. The van der Waals surface area contributed by atoms with Gasteiger partial charge < -0.3 is 9.84 Å². The van der Waals surface area contributed by atoms with Crippen molar-refractivity contribution in [2.45, 2.75) is 32.0 Å². The van der Waals surface area contributed by atoms with Gasteiger partial charge in [-0.2, -0.15) is 13.2 Å². The predicted molar refractivity (Wildman–Crippen MR) is 37.8 cm³/mol. The zero-order chi connectivity index (χ0) is 9.61. The lowest BCUT2D eigenvalue weighted by atomic mass is 10.3. The van der Waals surface area contributed by atoms with Crippen molar-refractivity contribution in [2.24, 2.45) is 0 Å². The minimum Gasteiger partial charge on any atom is -0.382 e. The normalized spacial score (nSPS) is 14.8. The van der Waals surface area contributed by atoms with E-state index in [-0.39, 0.29) is 6.61 Å². The lowest BCUT2D eigenvalue weighted by molar-refractivity contribution is -0.217. The Kier molecular flexibility index (Phi) is 5.24. The van der Waals surface area contributed by atoms with Crippen molar-refractivity contribution >= 4 is 0 Å². The zero-order valence-corrected chi connectivity index (χ0v) is 6.90. The largest absolute Gasteiger partial charge is 0.416 e. The fourth-order valence-electron chi connectivity index (χ4n) is 0.536. The van der Waals surface area contributed by atoms with Crippen LogP contribution in [0.25, 0.3) is 0 Å². The van der Waals surface area contributed by atoms with E-state index in [0.717, 1.165) is 6.42 Å². The van der Waals surface area contributed by atoms with Crippen LogP contribution >= 0.6 is 0 Å². The first-order valence-electron chi connectivity index (χ1n) is 3.81. The number of halogens is 3. The van der Waals surface area contributed by atoms with Gasteiger partial charge in [0.1, 0.15) is 0 Å². The molecule has 0 aromatic rings. The first-order valence-corrected chi connectivity index (χ1v) is 3.81. The molecule has 0 bridgehead atoms. The maximum Gasteiger partial charge on any atom is 0.416 e. The summed E-state index contributed by atoms with van der Waals surface area (Å²) in [5, 5.41) is 8.44. The van der Waals surface area contributed by atoms with Crippen LogP contribution in [0.1, 0.15) is 19.8 Å². The molecule has 0 heterocycles. The number of aliphatic hydroxyl groups excluding tert-OH is 1. The maximum atomic E-state index is 11.6. The molecule has 0 amide bonds. The molecule has 74 valence electrons. The van der Waals surface area contributed by atoms with Crippen molar-refractivity contribution in [3.05, 3.63) is 0 Å². The average Bonchev–Trinajstić information content (AvgIpc) is 1.96. The molecule has 0 fully saturated rings. The number of hydrogen-bond acceptors (Lipinski definition) is 2. The third-order valence-corrected chi connectivity index (χ3v) is 1.30. The van der Waals surface area contributed by atoms with Crippen LogP contribution in [0.15, 0.2) is 0 Å².